The maximum Gasteiger partial charge on any atom is 0.270 e. The minimum atomic E-state index is -0.280. The van der Waals surface area contributed by atoms with Gasteiger partial charge in [-0.05, 0) is 43.2 Å². The summed E-state index contributed by atoms with van der Waals surface area (Å²) in [6.45, 7) is 1.44. The number of halogens is 1. The summed E-state index contributed by atoms with van der Waals surface area (Å²) < 4.78 is 24.8. The first kappa shape index (κ1) is 19.5. The molecule has 1 N–H and O–H groups in total. The second kappa shape index (κ2) is 9.15. The van der Waals surface area contributed by atoms with E-state index in [1.807, 2.05) is 24.3 Å². The van der Waals surface area contributed by atoms with Gasteiger partial charge in [0.1, 0.15) is 28.9 Å². The fourth-order valence-electron chi connectivity index (χ4n) is 3.08. The molecule has 1 aromatic heterocycles. The monoisotopic (exact) mass is 412 g/mol. The van der Waals surface area contributed by atoms with Gasteiger partial charge >= 0.3 is 0 Å². The fourth-order valence-corrected chi connectivity index (χ4v) is 3.89. The van der Waals surface area contributed by atoms with Gasteiger partial charge in [-0.3, -0.25) is 4.79 Å². The van der Waals surface area contributed by atoms with Crippen molar-refractivity contribution in [2.24, 2.45) is 0 Å². The molecule has 2 aromatic carbocycles. The van der Waals surface area contributed by atoms with Crippen LogP contribution in [0.2, 0.25) is 0 Å². The Balaban J connectivity index is 1.34. The lowest BCUT2D eigenvalue weighted by Crippen LogP contribution is -2.31. The zero-order valence-electron chi connectivity index (χ0n) is 15.8. The largest absolute Gasteiger partial charge is 0.489 e. The van der Waals surface area contributed by atoms with E-state index >= 15 is 0 Å². The van der Waals surface area contributed by atoms with Crippen LogP contribution in [-0.4, -0.2) is 30.1 Å². The van der Waals surface area contributed by atoms with Crippen LogP contribution < -0.4 is 10.1 Å². The van der Waals surface area contributed by atoms with Crippen molar-refractivity contribution in [3.63, 3.8) is 0 Å². The first-order chi connectivity index (χ1) is 14.2. The van der Waals surface area contributed by atoms with Gasteiger partial charge in [0.25, 0.3) is 5.91 Å². The molecule has 1 amide bonds. The van der Waals surface area contributed by atoms with Gasteiger partial charge in [-0.1, -0.05) is 18.2 Å². The van der Waals surface area contributed by atoms with Crippen molar-refractivity contribution in [3.05, 3.63) is 71.0 Å². The molecule has 0 saturated carbocycles. The first-order valence-electron chi connectivity index (χ1n) is 9.51. The molecule has 0 radical (unpaired) electrons. The van der Waals surface area contributed by atoms with Crippen LogP contribution in [0, 0.1) is 5.82 Å². The van der Waals surface area contributed by atoms with Crippen LogP contribution in [0.25, 0.3) is 10.6 Å². The molecule has 1 atom stereocenters. The second-order valence-electron chi connectivity index (χ2n) is 6.79. The zero-order valence-corrected chi connectivity index (χ0v) is 16.6. The number of carbonyl (C=O) groups excluding carboxylic acids is 1. The third-order valence-electron chi connectivity index (χ3n) is 4.70. The Morgan fingerprint density at radius 3 is 2.83 bits per heavy atom. The molecule has 0 bridgehead atoms. The summed E-state index contributed by atoms with van der Waals surface area (Å²) in [6.07, 6.45) is 2.13. The normalized spacial score (nSPS) is 16.0. The van der Waals surface area contributed by atoms with Crippen molar-refractivity contribution in [2.75, 3.05) is 13.2 Å². The van der Waals surface area contributed by atoms with Gasteiger partial charge in [-0.2, -0.15) is 0 Å². The van der Waals surface area contributed by atoms with Gasteiger partial charge in [-0.15, -0.1) is 11.3 Å². The van der Waals surface area contributed by atoms with E-state index in [9.17, 15) is 9.18 Å². The van der Waals surface area contributed by atoms with Crippen LogP contribution in [0.4, 0.5) is 4.39 Å². The van der Waals surface area contributed by atoms with E-state index in [4.69, 9.17) is 9.47 Å². The van der Waals surface area contributed by atoms with E-state index < -0.39 is 0 Å². The van der Waals surface area contributed by atoms with E-state index in [0.717, 1.165) is 30.0 Å². The highest BCUT2D eigenvalue weighted by Gasteiger charge is 2.18. The molecule has 150 valence electrons. The van der Waals surface area contributed by atoms with Crippen LogP contribution >= 0.6 is 11.3 Å². The number of nitrogens with one attached hydrogen (secondary N) is 1. The van der Waals surface area contributed by atoms with Crippen LogP contribution in [-0.2, 0) is 11.3 Å². The van der Waals surface area contributed by atoms with Crippen molar-refractivity contribution in [1.82, 2.24) is 10.3 Å². The van der Waals surface area contributed by atoms with Crippen LogP contribution in [0.1, 0.15) is 28.9 Å². The van der Waals surface area contributed by atoms with E-state index in [1.54, 1.807) is 23.6 Å². The van der Waals surface area contributed by atoms with E-state index in [1.165, 1.54) is 17.4 Å². The number of benzene rings is 2. The Bertz CT molecular complexity index is 968. The summed E-state index contributed by atoms with van der Waals surface area (Å²) in [7, 11) is 0. The van der Waals surface area contributed by atoms with Gasteiger partial charge in [0.2, 0.25) is 0 Å². The van der Waals surface area contributed by atoms with Crippen LogP contribution in [0.3, 0.4) is 0 Å². The van der Waals surface area contributed by atoms with Gasteiger partial charge in [0, 0.05) is 29.7 Å². The molecule has 0 spiro atoms. The average Bonchev–Trinajstić information content (AvgIpc) is 3.44. The Labute approximate surface area is 172 Å². The number of aromatic nitrogens is 1. The van der Waals surface area contributed by atoms with Gasteiger partial charge in [0.05, 0.1) is 6.10 Å². The SMILES string of the molecule is O=C(NCC1CCCO1)c1csc(-c2ccc(OCc3ccccc3F)cc2)n1. The molecule has 3 aromatic rings. The number of carbonyl (C=O) groups is 1. The molecular weight excluding hydrogens is 391 g/mol. The fraction of sp³-hybridized carbons (Fsp3) is 0.273. The molecule has 1 aliphatic heterocycles. The lowest BCUT2D eigenvalue weighted by molar-refractivity contribution is 0.0854. The van der Waals surface area contributed by atoms with Gasteiger partial charge in [-0.25, -0.2) is 9.37 Å². The summed E-state index contributed by atoms with van der Waals surface area (Å²) in [4.78, 5) is 16.7. The maximum atomic E-state index is 13.7. The summed E-state index contributed by atoms with van der Waals surface area (Å²) in [6, 6.07) is 13.9. The van der Waals surface area contributed by atoms with Crippen molar-refractivity contribution in [3.8, 4) is 16.3 Å². The zero-order chi connectivity index (χ0) is 20.1. The number of amides is 1. The molecule has 7 heteroatoms. The van der Waals surface area contributed by atoms with Crippen LogP contribution in [0.5, 0.6) is 5.75 Å². The standard InChI is InChI=1S/C22H21FN2O3S/c23-19-6-2-1-4-16(19)13-28-17-9-7-15(8-10-17)22-25-20(14-29-22)21(26)24-12-18-5-3-11-27-18/h1-2,4,6-10,14,18H,3,5,11-13H2,(H,24,26). The Hall–Kier alpha value is -2.77. The smallest absolute Gasteiger partial charge is 0.270 e. The minimum Gasteiger partial charge on any atom is -0.489 e. The summed E-state index contributed by atoms with van der Waals surface area (Å²) in [5, 5.41) is 5.39. The lowest BCUT2D eigenvalue weighted by atomic mass is 10.2. The number of hydrogen-bond acceptors (Lipinski definition) is 5. The van der Waals surface area contributed by atoms with Crippen molar-refractivity contribution >= 4 is 17.2 Å². The highest BCUT2D eigenvalue weighted by molar-refractivity contribution is 7.13. The maximum absolute atomic E-state index is 13.7. The molecular formula is C22H21FN2O3S. The highest BCUT2D eigenvalue weighted by atomic mass is 32.1. The number of ether oxygens (including phenoxy) is 2. The molecule has 1 fully saturated rings. The van der Waals surface area contributed by atoms with E-state index in [0.29, 0.717) is 23.6 Å². The summed E-state index contributed by atoms with van der Waals surface area (Å²) in [5.74, 6) is 0.174. The third-order valence-corrected chi connectivity index (χ3v) is 5.60. The van der Waals surface area contributed by atoms with Crippen molar-refractivity contribution in [1.29, 1.82) is 0 Å². The summed E-state index contributed by atoms with van der Waals surface area (Å²) in [5.41, 5.74) is 1.81. The van der Waals surface area contributed by atoms with E-state index in [-0.39, 0.29) is 24.4 Å². The molecule has 2 heterocycles. The number of thiazole rings is 1. The molecule has 1 aliphatic rings. The Morgan fingerprint density at radius 2 is 2.07 bits per heavy atom. The minimum absolute atomic E-state index is 0.106. The molecule has 5 nitrogen and oxygen atoms in total. The second-order valence-corrected chi connectivity index (χ2v) is 7.65. The Morgan fingerprint density at radius 1 is 1.24 bits per heavy atom. The van der Waals surface area contributed by atoms with E-state index in [2.05, 4.69) is 10.3 Å². The predicted octanol–water partition coefficient (Wildman–Crippen LogP) is 4.44. The molecule has 4 rings (SSSR count). The first-order valence-corrected chi connectivity index (χ1v) is 10.4. The number of rotatable bonds is 7. The van der Waals surface area contributed by atoms with Crippen LogP contribution in [0.15, 0.2) is 53.9 Å². The quantitative estimate of drug-likeness (QED) is 0.623. The Kier molecular flexibility index (Phi) is 6.17. The van der Waals surface area contributed by atoms with Gasteiger partial charge < -0.3 is 14.8 Å². The van der Waals surface area contributed by atoms with Gasteiger partial charge in [0.15, 0.2) is 0 Å². The topological polar surface area (TPSA) is 60.5 Å². The molecule has 1 saturated heterocycles. The predicted molar refractivity (Wildman–Crippen MR) is 110 cm³/mol. The van der Waals surface area contributed by atoms with Crippen molar-refractivity contribution < 1.29 is 18.7 Å². The lowest BCUT2D eigenvalue weighted by Gasteiger charge is -2.09. The summed E-state index contributed by atoms with van der Waals surface area (Å²) >= 11 is 1.41. The molecule has 0 aliphatic carbocycles. The molecule has 1 unspecified atom stereocenters. The number of hydrogen-bond donors (Lipinski definition) is 1. The third kappa shape index (κ3) is 4.99. The molecule has 29 heavy (non-hydrogen) atoms. The van der Waals surface area contributed by atoms with Crippen molar-refractivity contribution in [2.45, 2.75) is 25.6 Å². The average molecular weight is 412 g/mol. The highest BCUT2D eigenvalue weighted by Crippen LogP contribution is 2.26. The number of nitrogens with zero attached hydrogens (tertiary/aromatic N) is 1.